The van der Waals surface area contributed by atoms with E-state index in [1.165, 1.54) is 0 Å². The second-order valence-corrected chi connectivity index (χ2v) is 8.14. The quantitative estimate of drug-likeness (QED) is 0.617. The van der Waals surface area contributed by atoms with Crippen LogP contribution in [-0.4, -0.2) is 34.1 Å². The van der Waals surface area contributed by atoms with E-state index in [4.69, 9.17) is 14.6 Å². The number of carboxylic acids is 1. The minimum absolute atomic E-state index is 0.000302. The summed E-state index contributed by atoms with van der Waals surface area (Å²) in [5.41, 5.74) is 1.31. The highest BCUT2D eigenvalue weighted by molar-refractivity contribution is 5.66. The zero-order valence-corrected chi connectivity index (χ0v) is 17.4. The van der Waals surface area contributed by atoms with Crippen LogP contribution in [0.1, 0.15) is 50.3 Å². The van der Waals surface area contributed by atoms with Crippen LogP contribution in [0.25, 0.3) is 0 Å². The third kappa shape index (κ3) is 5.26. The Morgan fingerprint density at radius 2 is 2.03 bits per heavy atom. The van der Waals surface area contributed by atoms with Crippen LogP contribution in [0, 0.1) is 5.92 Å². The van der Waals surface area contributed by atoms with Gasteiger partial charge in [-0.05, 0) is 30.5 Å². The lowest BCUT2D eigenvalue weighted by Crippen LogP contribution is -2.45. The fraction of sp³-hybridized carbons (Fsp3) is 0.417. The van der Waals surface area contributed by atoms with Gasteiger partial charge in [0.25, 0.3) is 0 Å². The van der Waals surface area contributed by atoms with Gasteiger partial charge in [-0.2, -0.15) is 0 Å². The summed E-state index contributed by atoms with van der Waals surface area (Å²) in [5.74, 6) is -0.612. The van der Waals surface area contributed by atoms with Gasteiger partial charge < -0.3 is 19.7 Å². The highest BCUT2D eigenvalue weighted by Gasteiger charge is 2.42. The van der Waals surface area contributed by atoms with Gasteiger partial charge in [0.15, 0.2) is 6.29 Å². The van der Waals surface area contributed by atoms with Crippen molar-refractivity contribution in [2.75, 3.05) is 6.61 Å². The molecule has 0 aliphatic carbocycles. The Morgan fingerprint density at radius 3 is 2.73 bits per heavy atom. The highest BCUT2D eigenvalue weighted by Crippen LogP contribution is 2.43. The van der Waals surface area contributed by atoms with Crippen molar-refractivity contribution in [3.05, 3.63) is 72.1 Å². The Hall–Kier alpha value is -2.70. The van der Waals surface area contributed by atoms with E-state index in [1.807, 2.05) is 42.6 Å². The Bertz CT molecular complexity index is 865. The number of carbonyl (C=O) groups is 1. The summed E-state index contributed by atoms with van der Waals surface area (Å²) in [6.07, 6.45) is 7.82. The molecule has 0 spiro atoms. The lowest BCUT2D eigenvalue weighted by Gasteiger charge is -2.43. The number of aliphatic carboxylic acids is 1. The first-order chi connectivity index (χ1) is 14.4. The summed E-state index contributed by atoms with van der Waals surface area (Å²) in [7, 11) is 0. The number of ether oxygens (including phenoxy) is 2. The van der Waals surface area contributed by atoms with Crippen molar-refractivity contribution in [2.24, 2.45) is 5.92 Å². The minimum Gasteiger partial charge on any atom is -0.508 e. The molecule has 2 heterocycles. The van der Waals surface area contributed by atoms with Crippen LogP contribution in [-0.2, 0) is 19.7 Å². The molecule has 1 fully saturated rings. The molecule has 1 saturated heterocycles. The zero-order valence-electron chi connectivity index (χ0n) is 17.4. The number of allylic oxidation sites excluding steroid dienone is 2. The summed E-state index contributed by atoms with van der Waals surface area (Å²) in [5, 5.41) is 19.2. The van der Waals surface area contributed by atoms with Gasteiger partial charge >= 0.3 is 5.97 Å². The second-order valence-electron chi connectivity index (χ2n) is 8.14. The molecule has 2 N–H and O–H groups in total. The van der Waals surface area contributed by atoms with Crippen molar-refractivity contribution in [3.63, 3.8) is 0 Å². The summed E-state index contributed by atoms with van der Waals surface area (Å²) >= 11 is 0. The predicted molar refractivity (Wildman–Crippen MR) is 113 cm³/mol. The number of pyridine rings is 1. The van der Waals surface area contributed by atoms with Gasteiger partial charge in [0.2, 0.25) is 0 Å². The summed E-state index contributed by atoms with van der Waals surface area (Å²) in [4.78, 5) is 14.9. The van der Waals surface area contributed by atoms with Crippen LogP contribution in [0.15, 0.2) is 60.9 Å². The summed E-state index contributed by atoms with van der Waals surface area (Å²) in [6.45, 7) is 4.59. The molecule has 30 heavy (non-hydrogen) atoms. The number of nitrogens with zero attached hydrogens (tertiary/aromatic N) is 1. The lowest BCUT2D eigenvalue weighted by molar-refractivity contribution is -0.262. The van der Waals surface area contributed by atoms with Crippen molar-refractivity contribution in [1.29, 1.82) is 0 Å². The van der Waals surface area contributed by atoms with Crippen LogP contribution in [0.2, 0.25) is 0 Å². The van der Waals surface area contributed by atoms with Crippen molar-refractivity contribution >= 4 is 5.97 Å². The molecule has 1 aliphatic heterocycles. The molecule has 1 aromatic heterocycles. The molecule has 6 heteroatoms. The number of carboxylic acid groups (broad SMARTS) is 1. The van der Waals surface area contributed by atoms with E-state index >= 15 is 0 Å². The standard InChI is InChI=1S/C24H29NO5/c1-24(2,18-10-8-14-25-15-18)23-29-16-17(9-4-3-5-13-21(27)28)22(30-23)19-11-6-7-12-20(19)26/h3-4,6-8,10-12,14-15,17,22-23,26H,5,9,13,16H2,1-2H3,(H,27,28)/b4-3-. The maximum absolute atomic E-state index is 10.7. The zero-order chi connectivity index (χ0) is 21.6. The molecule has 160 valence electrons. The van der Waals surface area contributed by atoms with Gasteiger partial charge in [0, 0.05) is 35.7 Å². The first kappa shape index (κ1) is 22.0. The molecule has 0 bridgehead atoms. The SMILES string of the molecule is CC(C)(c1cccnc1)C1OCC(C/C=C\CCC(=O)O)C(c2ccccc2O)O1. The molecule has 2 aromatic rings. The molecule has 0 saturated carbocycles. The normalized spacial score (nSPS) is 22.3. The molecule has 3 rings (SSSR count). The van der Waals surface area contributed by atoms with E-state index in [0.717, 1.165) is 11.1 Å². The maximum Gasteiger partial charge on any atom is 0.303 e. The van der Waals surface area contributed by atoms with E-state index in [9.17, 15) is 9.90 Å². The van der Waals surface area contributed by atoms with E-state index in [1.54, 1.807) is 18.3 Å². The number of aromatic hydroxyl groups is 1. The fourth-order valence-corrected chi connectivity index (χ4v) is 3.68. The van der Waals surface area contributed by atoms with E-state index in [0.29, 0.717) is 19.4 Å². The lowest BCUT2D eigenvalue weighted by atomic mass is 9.83. The largest absolute Gasteiger partial charge is 0.508 e. The molecule has 3 atom stereocenters. The Morgan fingerprint density at radius 1 is 1.23 bits per heavy atom. The number of benzene rings is 1. The number of phenols is 1. The molecule has 0 amide bonds. The molecule has 3 unspecified atom stereocenters. The van der Waals surface area contributed by atoms with Gasteiger partial charge in [-0.3, -0.25) is 9.78 Å². The van der Waals surface area contributed by atoms with Crippen molar-refractivity contribution in [2.45, 2.75) is 50.9 Å². The van der Waals surface area contributed by atoms with E-state index in [-0.39, 0.29) is 24.2 Å². The third-order valence-electron chi connectivity index (χ3n) is 5.53. The third-order valence-corrected chi connectivity index (χ3v) is 5.53. The van der Waals surface area contributed by atoms with Crippen molar-refractivity contribution < 1.29 is 24.5 Å². The van der Waals surface area contributed by atoms with Crippen LogP contribution < -0.4 is 0 Å². The second kappa shape index (κ2) is 9.87. The van der Waals surface area contributed by atoms with Gasteiger partial charge in [0.1, 0.15) is 5.75 Å². The van der Waals surface area contributed by atoms with Gasteiger partial charge in [0.05, 0.1) is 12.7 Å². The molecule has 1 aliphatic rings. The number of rotatable bonds is 8. The number of para-hydroxylation sites is 1. The topological polar surface area (TPSA) is 88.9 Å². The minimum atomic E-state index is -0.809. The number of aromatic nitrogens is 1. The number of phenolic OH excluding ortho intramolecular Hbond substituents is 1. The van der Waals surface area contributed by atoms with Crippen LogP contribution in [0.3, 0.4) is 0 Å². The molecule has 6 nitrogen and oxygen atoms in total. The maximum atomic E-state index is 10.7. The van der Waals surface area contributed by atoms with Crippen molar-refractivity contribution in [1.82, 2.24) is 4.98 Å². The average molecular weight is 411 g/mol. The van der Waals surface area contributed by atoms with Crippen LogP contribution >= 0.6 is 0 Å². The Kier molecular flexibility index (Phi) is 7.24. The van der Waals surface area contributed by atoms with Crippen LogP contribution in [0.4, 0.5) is 0 Å². The Balaban J connectivity index is 1.79. The Labute approximate surface area is 177 Å². The van der Waals surface area contributed by atoms with Gasteiger partial charge in [-0.25, -0.2) is 0 Å². The fourth-order valence-electron chi connectivity index (χ4n) is 3.68. The molecular formula is C24H29NO5. The van der Waals surface area contributed by atoms with Crippen LogP contribution in [0.5, 0.6) is 5.75 Å². The average Bonchev–Trinajstić information content (AvgIpc) is 2.74. The van der Waals surface area contributed by atoms with Gasteiger partial charge in [-0.1, -0.05) is 50.3 Å². The molecule has 1 aromatic carbocycles. The number of hydrogen-bond acceptors (Lipinski definition) is 5. The summed E-state index contributed by atoms with van der Waals surface area (Å²) < 4.78 is 12.6. The van der Waals surface area contributed by atoms with Crippen molar-refractivity contribution in [3.8, 4) is 5.75 Å². The molecular weight excluding hydrogens is 382 g/mol. The van der Waals surface area contributed by atoms with E-state index < -0.39 is 17.7 Å². The first-order valence-corrected chi connectivity index (χ1v) is 10.2. The number of hydrogen-bond donors (Lipinski definition) is 2. The van der Waals surface area contributed by atoms with E-state index in [2.05, 4.69) is 18.8 Å². The first-order valence-electron chi connectivity index (χ1n) is 10.2. The smallest absolute Gasteiger partial charge is 0.303 e. The highest BCUT2D eigenvalue weighted by atomic mass is 16.7. The molecule has 0 radical (unpaired) electrons. The van der Waals surface area contributed by atoms with Gasteiger partial charge in [-0.15, -0.1) is 0 Å². The summed E-state index contributed by atoms with van der Waals surface area (Å²) in [6, 6.07) is 11.1. The monoisotopic (exact) mass is 411 g/mol. The predicted octanol–water partition coefficient (Wildman–Crippen LogP) is 4.61.